The summed E-state index contributed by atoms with van der Waals surface area (Å²) < 4.78 is 28.1. The van der Waals surface area contributed by atoms with Crippen LogP contribution in [-0.2, 0) is 23.7 Å². The summed E-state index contributed by atoms with van der Waals surface area (Å²) in [7, 11) is 0. The topological polar surface area (TPSA) is 169 Å². The Morgan fingerprint density at radius 1 is 1.10 bits per heavy atom. The number of nitrogens with zero attached hydrogens (tertiary/aromatic N) is 8. The van der Waals surface area contributed by atoms with Gasteiger partial charge < -0.3 is 24.1 Å². The minimum Gasteiger partial charge on any atom is -0.480 e. The number of fused-ring (bicyclic) bond motifs is 2. The minimum atomic E-state index is -1.38. The molecule has 226 valence electrons. The number of hydrogen-bond donors (Lipinski definition) is 1. The molecule has 0 aromatic carbocycles. The number of aromatic nitrogens is 7. The lowest BCUT2D eigenvalue weighted by molar-refractivity contribution is -0.193. The number of imidazole rings is 1. The van der Waals surface area contributed by atoms with Gasteiger partial charge in [0.25, 0.3) is 0 Å². The van der Waals surface area contributed by atoms with Crippen LogP contribution < -0.4 is 0 Å². The molecule has 3 fully saturated rings. The summed E-state index contributed by atoms with van der Waals surface area (Å²) in [6, 6.07) is 0. The molecule has 6 heterocycles. The van der Waals surface area contributed by atoms with E-state index in [1.54, 1.807) is 50.4 Å². The highest BCUT2D eigenvalue weighted by atomic mass is 32.2. The van der Waals surface area contributed by atoms with E-state index in [0.29, 0.717) is 22.7 Å². The summed E-state index contributed by atoms with van der Waals surface area (Å²) in [5, 5.41) is 17.6. The lowest BCUT2D eigenvalue weighted by atomic mass is 9.99. The van der Waals surface area contributed by atoms with Gasteiger partial charge in [-0.2, -0.15) is 11.8 Å². The molecule has 15 nitrogen and oxygen atoms in total. The Labute approximate surface area is 245 Å². The number of rotatable bonds is 6. The summed E-state index contributed by atoms with van der Waals surface area (Å²) >= 11 is 1.55. The number of amides is 1. The molecule has 42 heavy (non-hydrogen) atoms. The van der Waals surface area contributed by atoms with Gasteiger partial charge in [-0.05, 0) is 48.0 Å². The maximum atomic E-state index is 12.9. The maximum absolute atomic E-state index is 12.9. The number of thioether (sulfide) groups is 1. The van der Waals surface area contributed by atoms with Crippen molar-refractivity contribution in [2.45, 2.75) is 94.7 Å². The largest absolute Gasteiger partial charge is 0.480 e. The van der Waals surface area contributed by atoms with E-state index in [4.69, 9.17) is 18.9 Å². The first-order valence-corrected chi connectivity index (χ1v) is 14.7. The van der Waals surface area contributed by atoms with Gasteiger partial charge in [-0.3, -0.25) is 14.0 Å². The third kappa shape index (κ3) is 5.09. The SMILES string of the molecule is CC(C)(C)OC(=O)N1C[C@@H](SC[C@H]2O[C@@H](n3cnc4c(-n5cnnc5)ncnc43)[C@@H]3OC(C)(C)O[C@@H]32)C[C@@]1(C)C(=O)O. The molecule has 3 aliphatic rings. The van der Waals surface area contributed by atoms with Crippen molar-refractivity contribution in [3.05, 3.63) is 25.3 Å². The van der Waals surface area contributed by atoms with E-state index in [-0.39, 0.29) is 30.4 Å². The molecule has 3 saturated heterocycles. The molecule has 0 spiro atoms. The van der Waals surface area contributed by atoms with E-state index >= 15 is 0 Å². The van der Waals surface area contributed by atoms with Gasteiger partial charge >= 0.3 is 12.1 Å². The van der Waals surface area contributed by atoms with E-state index in [1.807, 2.05) is 18.4 Å². The Morgan fingerprint density at radius 3 is 2.50 bits per heavy atom. The van der Waals surface area contributed by atoms with Gasteiger partial charge in [-0.15, -0.1) is 10.2 Å². The molecule has 0 aliphatic carbocycles. The second-order valence-electron chi connectivity index (χ2n) is 12.3. The van der Waals surface area contributed by atoms with Crippen molar-refractivity contribution in [3.8, 4) is 5.82 Å². The van der Waals surface area contributed by atoms with Crippen LogP contribution in [0.3, 0.4) is 0 Å². The summed E-state index contributed by atoms with van der Waals surface area (Å²) in [5.41, 5.74) is -1.02. The number of carboxylic acid groups (broad SMARTS) is 1. The van der Waals surface area contributed by atoms with Crippen LogP contribution in [0.2, 0.25) is 0 Å². The van der Waals surface area contributed by atoms with Gasteiger partial charge in [0.2, 0.25) is 0 Å². The van der Waals surface area contributed by atoms with E-state index < -0.39 is 41.3 Å². The summed E-state index contributed by atoms with van der Waals surface area (Å²) in [4.78, 5) is 39.9. The van der Waals surface area contributed by atoms with Gasteiger partial charge in [0.15, 0.2) is 29.0 Å². The molecule has 0 unspecified atom stereocenters. The Hall–Kier alpha value is -3.34. The zero-order valence-corrected chi connectivity index (χ0v) is 25.0. The molecule has 1 amide bonds. The fourth-order valence-corrected chi connectivity index (χ4v) is 7.13. The van der Waals surface area contributed by atoms with E-state index in [1.165, 1.54) is 23.9 Å². The molecule has 0 saturated carbocycles. The van der Waals surface area contributed by atoms with Gasteiger partial charge in [-0.25, -0.2) is 24.5 Å². The number of hydrogen-bond acceptors (Lipinski definition) is 12. The number of carbonyl (C=O) groups excluding carboxylic acids is 1. The highest BCUT2D eigenvalue weighted by Crippen LogP contribution is 2.46. The highest BCUT2D eigenvalue weighted by Gasteiger charge is 2.57. The molecule has 1 N–H and O–H groups in total. The summed E-state index contributed by atoms with van der Waals surface area (Å²) in [6.45, 7) is 10.8. The maximum Gasteiger partial charge on any atom is 0.411 e. The number of ether oxygens (including phenoxy) is 4. The smallest absolute Gasteiger partial charge is 0.411 e. The zero-order chi connectivity index (χ0) is 30.0. The first kappa shape index (κ1) is 28.8. The zero-order valence-electron chi connectivity index (χ0n) is 24.2. The number of aliphatic carboxylic acids is 1. The number of likely N-dealkylation sites (tertiary alicyclic amines) is 1. The van der Waals surface area contributed by atoms with E-state index in [2.05, 4.69) is 25.1 Å². The molecular weight excluding hydrogens is 568 g/mol. The second-order valence-corrected chi connectivity index (χ2v) is 13.7. The normalized spacial score (nSPS) is 30.6. The fraction of sp³-hybridized carbons (Fsp3) is 0.654. The summed E-state index contributed by atoms with van der Waals surface area (Å²) in [5.74, 6) is -0.871. The third-order valence-electron chi connectivity index (χ3n) is 7.58. The second kappa shape index (κ2) is 10.1. The van der Waals surface area contributed by atoms with Crippen molar-refractivity contribution >= 4 is 35.0 Å². The highest BCUT2D eigenvalue weighted by molar-refractivity contribution is 8.00. The molecule has 6 atom stereocenters. The third-order valence-corrected chi connectivity index (χ3v) is 8.89. The Bertz CT molecular complexity index is 1490. The molecule has 6 rings (SSSR count). The molecule has 3 aromatic heterocycles. The number of carbonyl (C=O) groups is 2. The van der Waals surface area contributed by atoms with Crippen molar-refractivity contribution in [3.63, 3.8) is 0 Å². The standard InChI is InChI=1S/C26H34N8O7S/c1-24(2,3)41-23(37)34-8-14(7-26(34,6)22(35)36)42-9-15-17-18(40-25(4,5)39-17)21(38-15)33-11-29-16-19(27-10-28-20(16)33)32-12-30-31-13-32/h10-15,17-18,21H,7-9H2,1-6H3,(H,35,36)/t14-,15+,17+,18+,21+,26-/m0/s1. The van der Waals surface area contributed by atoms with E-state index in [9.17, 15) is 14.7 Å². The molecule has 16 heteroatoms. The van der Waals surface area contributed by atoms with Crippen molar-refractivity contribution in [1.29, 1.82) is 0 Å². The minimum absolute atomic E-state index is 0.150. The van der Waals surface area contributed by atoms with Crippen molar-refractivity contribution < 1.29 is 33.6 Å². The van der Waals surface area contributed by atoms with Crippen molar-refractivity contribution in [1.82, 2.24) is 39.2 Å². The summed E-state index contributed by atoms with van der Waals surface area (Å²) in [6.07, 6.45) is 4.01. The predicted molar refractivity (Wildman–Crippen MR) is 148 cm³/mol. The van der Waals surface area contributed by atoms with Crippen LogP contribution >= 0.6 is 11.8 Å². The van der Waals surface area contributed by atoms with Crippen LogP contribution in [0, 0.1) is 0 Å². The van der Waals surface area contributed by atoms with Gasteiger partial charge in [0.1, 0.15) is 42.3 Å². The van der Waals surface area contributed by atoms with Crippen molar-refractivity contribution in [2.24, 2.45) is 0 Å². The fourth-order valence-electron chi connectivity index (χ4n) is 5.70. The molecular formula is C26H34N8O7S. The lowest BCUT2D eigenvalue weighted by Crippen LogP contribution is -2.52. The Kier molecular flexibility index (Phi) is 6.94. The van der Waals surface area contributed by atoms with Crippen LogP contribution in [0.15, 0.2) is 25.3 Å². The first-order chi connectivity index (χ1) is 19.8. The van der Waals surface area contributed by atoms with E-state index in [0.717, 1.165) is 0 Å². The van der Waals surface area contributed by atoms with Gasteiger partial charge in [-0.1, -0.05) is 0 Å². The van der Waals surface area contributed by atoms with Gasteiger partial charge in [0.05, 0.1) is 12.4 Å². The first-order valence-electron chi connectivity index (χ1n) is 13.6. The molecule has 3 aromatic rings. The quantitative estimate of drug-likeness (QED) is 0.437. The Morgan fingerprint density at radius 2 is 1.81 bits per heavy atom. The number of carboxylic acids is 1. The van der Waals surface area contributed by atoms with Crippen LogP contribution in [0.4, 0.5) is 4.79 Å². The average Bonchev–Trinajstić information content (AvgIpc) is 3.70. The van der Waals surface area contributed by atoms with Crippen molar-refractivity contribution in [2.75, 3.05) is 12.3 Å². The lowest BCUT2D eigenvalue weighted by Gasteiger charge is -2.32. The molecule has 0 bridgehead atoms. The van der Waals surface area contributed by atoms with Crippen LogP contribution in [0.5, 0.6) is 0 Å². The monoisotopic (exact) mass is 602 g/mol. The Balaban J connectivity index is 1.21. The van der Waals surface area contributed by atoms with Gasteiger partial charge in [0, 0.05) is 17.5 Å². The predicted octanol–water partition coefficient (Wildman–Crippen LogP) is 2.41. The molecule has 3 aliphatic heterocycles. The van der Waals surface area contributed by atoms with Crippen LogP contribution in [-0.4, -0.2) is 109 Å². The van der Waals surface area contributed by atoms with Crippen LogP contribution in [0.25, 0.3) is 17.0 Å². The van der Waals surface area contributed by atoms with Crippen LogP contribution in [0.1, 0.15) is 54.2 Å². The molecule has 0 radical (unpaired) electrons. The average molecular weight is 603 g/mol.